The fraction of sp³-hybridized carbons (Fsp3) is 0.562. The lowest BCUT2D eigenvalue weighted by Crippen LogP contribution is -2.45. The summed E-state index contributed by atoms with van der Waals surface area (Å²) in [7, 11) is 0. The van der Waals surface area contributed by atoms with Gasteiger partial charge in [0.15, 0.2) is 5.96 Å². The number of hydrogen-bond donors (Lipinski definition) is 2. The molecule has 0 amide bonds. The molecule has 1 unspecified atom stereocenters. The Bertz CT molecular complexity index is 592. The van der Waals surface area contributed by atoms with E-state index in [4.69, 9.17) is 0 Å². The second-order valence-electron chi connectivity index (χ2n) is 5.95. The number of rotatable bonds is 5. The molecule has 148 valence electrons. The van der Waals surface area contributed by atoms with Crippen molar-refractivity contribution in [3.8, 4) is 0 Å². The maximum Gasteiger partial charge on any atom is 0.401 e. The molecule has 26 heavy (non-hydrogen) atoms. The number of alkyl halides is 3. The molecule has 1 aromatic rings. The molecule has 1 saturated heterocycles. The Hall–Kier alpha value is -0.620. The van der Waals surface area contributed by atoms with Crippen molar-refractivity contribution in [3.05, 3.63) is 34.1 Å². The summed E-state index contributed by atoms with van der Waals surface area (Å²) in [6.07, 6.45) is -3.57. The minimum absolute atomic E-state index is 0. The zero-order valence-electron chi connectivity index (χ0n) is 14.2. The lowest BCUT2D eigenvalue weighted by atomic mass is 10.2. The molecule has 1 aliphatic rings. The Kier molecular flexibility index (Phi) is 9.59. The van der Waals surface area contributed by atoms with E-state index in [2.05, 4.69) is 31.6 Å². The minimum atomic E-state index is -4.18. The Balaban J connectivity index is 0.00000338. The summed E-state index contributed by atoms with van der Waals surface area (Å²) in [5.74, 6) is 0.165. The van der Waals surface area contributed by atoms with Crippen LogP contribution in [0, 0.1) is 5.82 Å². The third-order valence-electron chi connectivity index (χ3n) is 3.70. The van der Waals surface area contributed by atoms with Crippen LogP contribution in [0.5, 0.6) is 0 Å². The van der Waals surface area contributed by atoms with Crippen molar-refractivity contribution in [3.63, 3.8) is 0 Å². The summed E-state index contributed by atoms with van der Waals surface area (Å²) < 4.78 is 51.4. The summed E-state index contributed by atoms with van der Waals surface area (Å²) >= 11 is 3.24. The molecule has 1 heterocycles. The van der Waals surface area contributed by atoms with Crippen molar-refractivity contribution in [2.24, 2.45) is 4.99 Å². The molecule has 0 spiro atoms. The SMILES string of the molecule is CCNC(=NCc1cc(F)cc(Br)c1)NC1CCN(CC(F)(F)F)C1.I. The summed E-state index contributed by atoms with van der Waals surface area (Å²) in [5.41, 5.74) is 0.703. The van der Waals surface area contributed by atoms with E-state index in [0.717, 1.165) is 0 Å². The highest BCUT2D eigenvalue weighted by atomic mass is 127. The van der Waals surface area contributed by atoms with Crippen molar-refractivity contribution in [1.82, 2.24) is 15.5 Å². The van der Waals surface area contributed by atoms with Crippen LogP contribution in [0.4, 0.5) is 17.6 Å². The van der Waals surface area contributed by atoms with Crippen LogP contribution in [0.1, 0.15) is 18.9 Å². The molecule has 2 N–H and O–H groups in total. The van der Waals surface area contributed by atoms with Gasteiger partial charge in [0.25, 0.3) is 0 Å². The van der Waals surface area contributed by atoms with Crippen LogP contribution >= 0.6 is 39.9 Å². The molecular formula is C16H22BrF4IN4. The third kappa shape index (κ3) is 8.38. The van der Waals surface area contributed by atoms with Gasteiger partial charge in [0.05, 0.1) is 13.1 Å². The number of hydrogen-bond acceptors (Lipinski definition) is 2. The average molecular weight is 553 g/mol. The van der Waals surface area contributed by atoms with Crippen LogP contribution in [0.15, 0.2) is 27.7 Å². The Morgan fingerprint density at radius 1 is 1.35 bits per heavy atom. The lowest BCUT2D eigenvalue weighted by molar-refractivity contribution is -0.143. The molecule has 1 fully saturated rings. The highest BCUT2D eigenvalue weighted by Crippen LogP contribution is 2.20. The van der Waals surface area contributed by atoms with Gasteiger partial charge in [0.1, 0.15) is 5.82 Å². The van der Waals surface area contributed by atoms with Crippen LogP contribution in [0.25, 0.3) is 0 Å². The molecule has 1 atom stereocenters. The van der Waals surface area contributed by atoms with Crippen LogP contribution in [-0.2, 0) is 6.54 Å². The predicted molar refractivity (Wildman–Crippen MR) is 108 cm³/mol. The highest BCUT2D eigenvalue weighted by Gasteiger charge is 2.34. The summed E-state index contributed by atoms with van der Waals surface area (Å²) in [6, 6.07) is 4.44. The van der Waals surface area contributed by atoms with Crippen molar-refractivity contribution in [2.75, 3.05) is 26.2 Å². The largest absolute Gasteiger partial charge is 0.401 e. The van der Waals surface area contributed by atoms with E-state index in [-0.39, 0.29) is 42.4 Å². The lowest BCUT2D eigenvalue weighted by Gasteiger charge is -2.19. The maximum atomic E-state index is 13.4. The van der Waals surface area contributed by atoms with Gasteiger partial charge in [-0.25, -0.2) is 9.38 Å². The Morgan fingerprint density at radius 2 is 2.08 bits per heavy atom. The number of guanidine groups is 1. The zero-order valence-corrected chi connectivity index (χ0v) is 18.2. The molecular weight excluding hydrogens is 531 g/mol. The predicted octanol–water partition coefficient (Wildman–Crippen LogP) is 3.90. The molecule has 1 aliphatic heterocycles. The van der Waals surface area contributed by atoms with Crippen molar-refractivity contribution < 1.29 is 17.6 Å². The standard InChI is InChI=1S/C16H21BrF4N4.HI/c1-2-22-15(23-8-11-5-12(17)7-13(18)6-11)24-14-3-4-25(9-14)10-16(19,20)21;/h5-7,14H,2-4,8-10H2,1H3,(H2,22,23,24);1H. The maximum absolute atomic E-state index is 13.4. The summed E-state index contributed by atoms with van der Waals surface area (Å²) in [6.45, 7) is 2.61. The van der Waals surface area contributed by atoms with Gasteiger partial charge >= 0.3 is 6.18 Å². The first-order valence-corrected chi connectivity index (χ1v) is 8.83. The molecule has 0 aliphatic carbocycles. The second kappa shape index (κ2) is 10.6. The molecule has 1 aromatic carbocycles. The smallest absolute Gasteiger partial charge is 0.357 e. The number of aliphatic imine (C=N–C) groups is 1. The molecule has 0 radical (unpaired) electrons. The van der Waals surface area contributed by atoms with Crippen LogP contribution < -0.4 is 10.6 Å². The number of nitrogens with zero attached hydrogens (tertiary/aromatic N) is 2. The summed E-state index contributed by atoms with van der Waals surface area (Å²) in [5, 5.41) is 6.22. The van der Waals surface area contributed by atoms with E-state index < -0.39 is 12.7 Å². The van der Waals surface area contributed by atoms with Gasteiger partial charge in [-0.1, -0.05) is 15.9 Å². The Morgan fingerprint density at radius 3 is 2.69 bits per heavy atom. The zero-order chi connectivity index (χ0) is 18.4. The summed E-state index contributed by atoms with van der Waals surface area (Å²) in [4.78, 5) is 5.78. The van der Waals surface area contributed by atoms with E-state index in [0.29, 0.717) is 42.1 Å². The fourth-order valence-electron chi connectivity index (χ4n) is 2.73. The van der Waals surface area contributed by atoms with E-state index >= 15 is 0 Å². The number of likely N-dealkylation sites (tertiary alicyclic amines) is 1. The fourth-order valence-corrected chi connectivity index (χ4v) is 3.25. The Labute approximate surface area is 176 Å². The normalized spacial score (nSPS) is 18.5. The van der Waals surface area contributed by atoms with E-state index in [9.17, 15) is 17.6 Å². The first-order valence-electron chi connectivity index (χ1n) is 8.04. The molecule has 4 nitrogen and oxygen atoms in total. The van der Waals surface area contributed by atoms with Gasteiger partial charge in [-0.2, -0.15) is 13.2 Å². The monoisotopic (exact) mass is 552 g/mol. The van der Waals surface area contributed by atoms with Gasteiger partial charge in [0, 0.05) is 30.1 Å². The molecule has 2 rings (SSSR count). The first-order chi connectivity index (χ1) is 11.7. The number of halogens is 6. The van der Waals surface area contributed by atoms with E-state index in [1.165, 1.54) is 17.0 Å². The van der Waals surface area contributed by atoms with Crippen molar-refractivity contribution in [1.29, 1.82) is 0 Å². The van der Waals surface area contributed by atoms with Gasteiger partial charge in [-0.15, -0.1) is 24.0 Å². The topological polar surface area (TPSA) is 39.7 Å². The third-order valence-corrected chi connectivity index (χ3v) is 4.16. The van der Waals surface area contributed by atoms with Gasteiger partial charge in [0.2, 0.25) is 0 Å². The van der Waals surface area contributed by atoms with Gasteiger partial charge in [-0.3, -0.25) is 4.90 Å². The minimum Gasteiger partial charge on any atom is -0.357 e. The van der Waals surface area contributed by atoms with Crippen LogP contribution in [0.2, 0.25) is 0 Å². The van der Waals surface area contributed by atoms with Gasteiger partial charge < -0.3 is 10.6 Å². The van der Waals surface area contributed by atoms with Crippen molar-refractivity contribution >= 4 is 45.9 Å². The van der Waals surface area contributed by atoms with E-state index in [1.807, 2.05) is 6.92 Å². The second-order valence-corrected chi connectivity index (χ2v) is 6.87. The molecule has 0 aromatic heterocycles. The average Bonchev–Trinajstić information content (AvgIpc) is 2.89. The van der Waals surface area contributed by atoms with Crippen molar-refractivity contribution in [2.45, 2.75) is 32.1 Å². The number of benzene rings is 1. The number of nitrogens with one attached hydrogen (secondary N) is 2. The first kappa shape index (κ1) is 23.4. The highest BCUT2D eigenvalue weighted by molar-refractivity contribution is 14.0. The van der Waals surface area contributed by atoms with E-state index in [1.54, 1.807) is 6.07 Å². The van der Waals surface area contributed by atoms with Crippen LogP contribution in [-0.4, -0.2) is 49.3 Å². The molecule has 0 bridgehead atoms. The van der Waals surface area contributed by atoms with Crippen LogP contribution in [0.3, 0.4) is 0 Å². The quantitative estimate of drug-likeness (QED) is 0.252. The van der Waals surface area contributed by atoms with Gasteiger partial charge in [-0.05, 0) is 37.1 Å². The molecule has 10 heteroatoms. The molecule has 0 saturated carbocycles.